The van der Waals surface area contributed by atoms with Gasteiger partial charge in [-0.3, -0.25) is 15.0 Å². The smallest absolute Gasteiger partial charge is 0.232 e. The summed E-state index contributed by atoms with van der Waals surface area (Å²) in [5.41, 5.74) is 3.14. The maximum Gasteiger partial charge on any atom is 0.232 e. The zero-order chi connectivity index (χ0) is 19.3. The fraction of sp³-hybridized carbons (Fsp3) is 0.368. The fourth-order valence-corrected chi connectivity index (χ4v) is 4.01. The Hall–Kier alpha value is -2.62. The fourth-order valence-electron chi connectivity index (χ4n) is 3.19. The number of hydrogen-bond donors (Lipinski definition) is 2. The molecule has 0 atom stereocenters. The van der Waals surface area contributed by atoms with Crippen LogP contribution in [0, 0.1) is 0 Å². The monoisotopic (exact) mass is 397 g/mol. The second kappa shape index (κ2) is 8.59. The van der Waals surface area contributed by atoms with Gasteiger partial charge in [0, 0.05) is 43.7 Å². The highest BCUT2D eigenvalue weighted by atomic mass is 32.1. The summed E-state index contributed by atoms with van der Waals surface area (Å²) in [5, 5.41) is 11.8. The average Bonchev–Trinajstić information content (AvgIpc) is 3.36. The van der Waals surface area contributed by atoms with E-state index in [1.807, 2.05) is 5.38 Å². The maximum atomic E-state index is 12.1. The third-order valence-corrected chi connectivity index (χ3v) is 5.68. The minimum atomic E-state index is -0.169. The summed E-state index contributed by atoms with van der Waals surface area (Å²) >= 11 is 1.56. The van der Waals surface area contributed by atoms with Crippen molar-refractivity contribution < 1.29 is 4.79 Å². The zero-order valence-electron chi connectivity index (χ0n) is 15.8. The number of amides is 1. The summed E-state index contributed by atoms with van der Waals surface area (Å²) in [6.07, 6.45) is 1.56. The van der Waals surface area contributed by atoms with Gasteiger partial charge in [-0.2, -0.15) is 10.1 Å². The van der Waals surface area contributed by atoms with E-state index in [0.29, 0.717) is 5.95 Å². The van der Waals surface area contributed by atoms with Gasteiger partial charge in [0.2, 0.25) is 11.9 Å². The standard InChI is InChI=1S/C19H23N7OS/c1-25-5-7-26(8-6-25)11-14-3-2-4-15(9-14)18-22-16(12-28-18)10-17(27)23-19-20-13-21-24-19/h2-4,9,12-13H,5-8,10-11H2,1H3,(H2,20,21,23,24,27). The molecule has 1 saturated heterocycles. The lowest BCUT2D eigenvalue weighted by Gasteiger charge is -2.32. The summed E-state index contributed by atoms with van der Waals surface area (Å²) in [6, 6.07) is 8.53. The van der Waals surface area contributed by atoms with E-state index in [4.69, 9.17) is 0 Å². The summed E-state index contributed by atoms with van der Waals surface area (Å²) in [5.74, 6) is 0.175. The third kappa shape index (κ3) is 4.80. The minimum absolute atomic E-state index is 0.169. The molecule has 1 aliphatic rings. The van der Waals surface area contributed by atoms with Gasteiger partial charge in [0.05, 0.1) is 12.1 Å². The Kier molecular flexibility index (Phi) is 5.75. The molecule has 0 radical (unpaired) electrons. The number of piperazine rings is 1. The second-order valence-corrected chi connectivity index (χ2v) is 7.84. The first-order valence-electron chi connectivity index (χ1n) is 9.25. The van der Waals surface area contributed by atoms with Crippen LogP contribution in [0.3, 0.4) is 0 Å². The summed E-state index contributed by atoms with van der Waals surface area (Å²) < 4.78 is 0. The molecule has 2 N–H and O–H groups in total. The molecule has 1 aliphatic heterocycles. The normalized spacial score (nSPS) is 15.6. The molecule has 0 bridgehead atoms. The van der Waals surface area contributed by atoms with E-state index in [1.165, 1.54) is 11.9 Å². The van der Waals surface area contributed by atoms with Crippen LogP contribution in [0.5, 0.6) is 0 Å². The molecule has 1 aromatic carbocycles. The van der Waals surface area contributed by atoms with Gasteiger partial charge in [-0.05, 0) is 18.7 Å². The number of likely N-dealkylation sites (N-methyl/N-ethyl adjacent to an activating group) is 1. The van der Waals surface area contributed by atoms with Gasteiger partial charge in [0.15, 0.2) is 0 Å². The van der Waals surface area contributed by atoms with E-state index >= 15 is 0 Å². The van der Waals surface area contributed by atoms with Crippen molar-refractivity contribution in [3.8, 4) is 10.6 Å². The first kappa shape index (κ1) is 18.7. The van der Waals surface area contributed by atoms with Crippen LogP contribution < -0.4 is 5.32 Å². The highest BCUT2D eigenvalue weighted by molar-refractivity contribution is 7.13. The minimum Gasteiger partial charge on any atom is -0.304 e. The molecule has 3 heterocycles. The zero-order valence-corrected chi connectivity index (χ0v) is 16.6. The number of aromatic amines is 1. The van der Waals surface area contributed by atoms with Crippen LogP contribution in [0.4, 0.5) is 5.95 Å². The van der Waals surface area contributed by atoms with Gasteiger partial charge in [-0.1, -0.05) is 18.2 Å². The first-order chi connectivity index (χ1) is 13.7. The van der Waals surface area contributed by atoms with Gasteiger partial charge in [0.25, 0.3) is 0 Å². The van der Waals surface area contributed by atoms with Crippen molar-refractivity contribution in [3.63, 3.8) is 0 Å². The molecule has 146 valence electrons. The maximum absolute atomic E-state index is 12.1. The molecule has 1 amide bonds. The summed E-state index contributed by atoms with van der Waals surface area (Å²) in [6.45, 7) is 5.39. The van der Waals surface area contributed by atoms with Crippen LogP contribution >= 0.6 is 11.3 Å². The van der Waals surface area contributed by atoms with E-state index in [-0.39, 0.29) is 12.3 Å². The molecule has 2 aromatic heterocycles. The van der Waals surface area contributed by atoms with E-state index in [2.05, 4.69) is 66.6 Å². The van der Waals surface area contributed by atoms with Crippen molar-refractivity contribution in [3.05, 3.63) is 47.2 Å². The van der Waals surface area contributed by atoms with Crippen LogP contribution in [0.2, 0.25) is 0 Å². The number of nitrogens with one attached hydrogen (secondary N) is 2. The number of anilines is 1. The third-order valence-electron chi connectivity index (χ3n) is 4.74. The molecular formula is C19H23N7OS. The van der Waals surface area contributed by atoms with E-state index in [9.17, 15) is 4.79 Å². The van der Waals surface area contributed by atoms with E-state index in [0.717, 1.165) is 49.0 Å². The van der Waals surface area contributed by atoms with Crippen molar-refractivity contribution in [2.45, 2.75) is 13.0 Å². The molecule has 0 aliphatic carbocycles. The lowest BCUT2D eigenvalue weighted by molar-refractivity contribution is -0.115. The Morgan fingerprint density at radius 1 is 1.29 bits per heavy atom. The molecule has 9 heteroatoms. The van der Waals surface area contributed by atoms with Crippen molar-refractivity contribution in [1.29, 1.82) is 0 Å². The number of rotatable bonds is 6. The predicted molar refractivity (Wildman–Crippen MR) is 109 cm³/mol. The van der Waals surface area contributed by atoms with Crippen molar-refractivity contribution in [2.75, 3.05) is 38.5 Å². The highest BCUT2D eigenvalue weighted by Gasteiger charge is 2.15. The van der Waals surface area contributed by atoms with Gasteiger partial charge in [-0.15, -0.1) is 11.3 Å². The lowest BCUT2D eigenvalue weighted by atomic mass is 10.1. The van der Waals surface area contributed by atoms with Crippen molar-refractivity contribution >= 4 is 23.2 Å². The SMILES string of the molecule is CN1CCN(Cc2cccc(-c3nc(CC(=O)Nc4ncn[nH]4)cs3)c2)CC1. The van der Waals surface area contributed by atoms with Crippen LogP contribution in [0.1, 0.15) is 11.3 Å². The quantitative estimate of drug-likeness (QED) is 0.660. The van der Waals surface area contributed by atoms with Gasteiger partial charge in [-0.25, -0.2) is 10.1 Å². The van der Waals surface area contributed by atoms with Crippen LogP contribution in [0.25, 0.3) is 10.6 Å². The molecule has 28 heavy (non-hydrogen) atoms. The number of H-pyrrole nitrogens is 1. The number of thiazole rings is 1. The van der Waals surface area contributed by atoms with Crippen LogP contribution in [-0.4, -0.2) is 69.1 Å². The summed E-state index contributed by atoms with van der Waals surface area (Å²) in [4.78, 5) is 25.5. The van der Waals surface area contributed by atoms with Gasteiger partial charge in [0.1, 0.15) is 11.3 Å². The number of aromatic nitrogens is 4. The molecular weight excluding hydrogens is 374 g/mol. The molecule has 4 rings (SSSR count). The predicted octanol–water partition coefficient (Wildman–Crippen LogP) is 1.86. The summed E-state index contributed by atoms with van der Waals surface area (Å²) in [7, 11) is 2.17. The van der Waals surface area contributed by atoms with Crippen molar-refractivity contribution in [1.82, 2.24) is 30.0 Å². The molecule has 0 unspecified atom stereocenters. The molecule has 1 fully saturated rings. The Labute approximate surface area is 167 Å². The van der Waals surface area contributed by atoms with E-state index < -0.39 is 0 Å². The first-order valence-corrected chi connectivity index (χ1v) is 10.1. The molecule has 3 aromatic rings. The number of benzene rings is 1. The molecule has 8 nitrogen and oxygen atoms in total. The molecule has 0 saturated carbocycles. The van der Waals surface area contributed by atoms with Gasteiger partial charge < -0.3 is 4.90 Å². The topological polar surface area (TPSA) is 90.0 Å². The van der Waals surface area contributed by atoms with Gasteiger partial charge >= 0.3 is 0 Å². The Bertz CT molecular complexity index is 916. The number of hydrogen-bond acceptors (Lipinski definition) is 7. The van der Waals surface area contributed by atoms with Crippen LogP contribution in [0.15, 0.2) is 36.0 Å². The lowest BCUT2D eigenvalue weighted by Crippen LogP contribution is -2.43. The number of nitrogens with zero attached hydrogens (tertiary/aromatic N) is 5. The van der Waals surface area contributed by atoms with E-state index in [1.54, 1.807) is 11.3 Å². The Morgan fingerprint density at radius 3 is 2.93 bits per heavy atom. The molecule has 0 spiro atoms. The Morgan fingerprint density at radius 2 is 2.14 bits per heavy atom. The second-order valence-electron chi connectivity index (χ2n) is 6.98. The van der Waals surface area contributed by atoms with Crippen molar-refractivity contribution in [2.24, 2.45) is 0 Å². The number of carbonyl (C=O) groups excluding carboxylic acids is 1. The highest BCUT2D eigenvalue weighted by Crippen LogP contribution is 2.25. The average molecular weight is 398 g/mol. The largest absolute Gasteiger partial charge is 0.304 e. The number of carbonyl (C=O) groups is 1. The van der Waals surface area contributed by atoms with Crippen LogP contribution in [-0.2, 0) is 17.8 Å². The Balaban J connectivity index is 1.38.